The van der Waals surface area contributed by atoms with Gasteiger partial charge in [-0.2, -0.15) is 11.3 Å². The van der Waals surface area contributed by atoms with E-state index in [-0.39, 0.29) is 12.3 Å². The fourth-order valence-electron chi connectivity index (χ4n) is 1.47. The van der Waals surface area contributed by atoms with Gasteiger partial charge in [-0.1, -0.05) is 0 Å². The summed E-state index contributed by atoms with van der Waals surface area (Å²) in [6, 6.07) is 0.828. The van der Waals surface area contributed by atoms with Crippen molar-refractivity contribution in [3.05, 3.63) is 27.9 Å². The second kappa shape index (κ2) is 6.60. The predicted molar refractivity (Wildman–Crippen MR) is 76.2 cm³/mol. The summed E-state index contributed by atoms with van der Waals surface area (Å²) in [5.74, 6) is -1.67. The Morgan fingerprint density at radius 3 is 2.90 bits per heavy atom. The van der Waals surface area contributed by atoms with Crippen LogP contribution < -0.4 is 5.32 Å². The number of carboxylic acids is 1. The molecule has 6 nitrogen and oxygen atoms in total. The Kier molecular flexibility index (Phi) is 4.83. The smallest absolute Gasteiger partial charge is 0.328 e. The molecule has 0 fully saturated rings. The minimum Gasteiger partial charge on any atom is -0.480 e. The quantitative estimate of drug-likeness (QED) is 0.847. The summed E-state index contributed by atoms with van der Waals surface area (Å²) in [6.45, 7) is -0.0946. The van der Waals surface area contributed by atoms with Crippen LogP contribution in [0.3, 0.4) is 0 Å². The van der Waals surface area contributed by atoms with Gasteiger partial charge in [-0.05, 0) is 11.4 Å². The first-order valence-electron chi connectivity index (χ1n) is 5.62. The van der Waals surface area contributed by atoms with Gasteiger partial charge in [0, 0.05) is 23.4 Å². The number of carbonyl (C=O) groups excluding carboxylic acids is 1. The number of ether oxygens (including phenoxy) is 1. The van der Waals surface area contributed by atoms with Crippen LogP contribution in [0, 0.1) is 0 Å². The zero-order chi connectivity index (χ0) is 14.5. The molecule has 0 aliphatic carbocycles. The van der Waals surface area contributed by atoms with Crippen LogP contribution in [0.25, 0.3) is 10.6 Å². The molecular formula is C12H12N2O4S2. The monoisotopic (exact) mass is 312 g/mol. The summed E-state index contributed by atoms with van der Waals surface area (Å²) in [4.78, 5) is 27.1. The first kappa shape index (κ1) is 14.6. The first-order valence-corrected chi connectivity index (χ1v) is 7.44. The van der Waals surface area contributed by atoms with Crippen LogP contribution in [0.5, 0.6) is 0 Å². The largest absolute Gasteiger partial charge is 0.480 e. The third-order valence-corrected chi connectivity index (χ3v) is 4.02. The molecule has 0 aromatic carbocycles. The SMILES string of the molecule is COCC(NC(=O)c1csc(-c2ccsc2)n1)C(=O)O. The number of thiophene rings is 1. The van der Waals surface area contributed by atoms with Gasteiger partial charge in [0.15, 0.2) is 6.04 Å². The summed E-state index contributed by atoms with van der Waals surface area (Å²) in [5.41, 5.74) is 1.16. The Morgan fingerprint density at radius 2 is 2.30 bits per heavy atom. The highest BCUT2D eigenvalue weighted by atomic mass is 32.1. The molecule has 2 aromatic heterocycles. The fraction of sp³-hybridized carbons (Fsp3) is 0.250. The lowest BCUT2D eigenvalue weighted by Crippen LogP contribution is -2.43. The van der Waals surface area contributed by atoms with E-state index in [1.54, 1.807) is 16.7 Å². The number of carbonyl (C=O) groups is 2. The standard InChI is InChI=1S/C12H12N2O4S2/c1-18-4-8(12(16)17)13-10(15)9-6-20-11(14-9)7-2-3-19-5-7/h2-3,5-6,8H,4H2,1H3,(H,13,15)(H,16,17). The van der Waals surface area contributed by atoms with Crippen LogP contribution in [0.15, 0.2) is 22.2 Å². The number of aliphatic carboxylic acids is 1. The molecule has 1 unspecified atom stereocenters. The average Bonchev–Trinajstić information content (AvgIpc) is 3.08. The van der Waals surface area contributed by atoms with Gasteiger partial charge in [0.2, 0.25) is 0 Å². The Hall–Kier alpha value is -1.77. The van der Waals surface area contributed by atoms with Crippen LogP contribution in [0.2, 0.25) is 0 Å². The number of aromatic nitrogens is 1. The number of thiazole rings is 1. The van der Waals surface area contributed by atoms with Crippen molar-refractivity contribution in [2.24, 2.45) is 0 Å². The molecule has 8 heteroatoms. The highest BCUT2D eigenvalue weighted by Gasteiger charge is 2.22. The number of amides is 1. The van der Waals surface area contributed by atoms with E-state index in [4.69, 9.17) is 9.84 Å². The van der Waals surface area contributed by atoms with E-state index < -0.39 is 17.9 Å². The zero-order valence-electron chi connectivity index (χ0n) is 10.5. The Morgan fingerprint density at radius 1 is 1.50 bits per heavy atom. The van der Waals surface area contributed by atoms with Crippen molar-refractivity contribution < 1.29 is 19.4 Å². The number of hydrogen-bond acceptors (Lipinski definition) is 6. The molecule has 0 bridgehead atoms. The molecule has 2 rings (SSSR count). The maximum Gasteiger partial charge on any atom is 0.328 e. The van der Waals surface area contributed by atoms with Crippen LogP contribution in [-0.4, -0.2) is 41.7 Å². The summed E-state index contributed by atoms with van der Waals surface area (Å²) >= 11 is 2.89. The normalized spacial score (nSPS) is 12.1. The van der Waals surface area contributed by atoms with Gasteiger partial charge < -0.3 is 15.2 Å². The molecule has 20 heavy (non-hydrogen) atoms. The summed E-state index contributed by atoms with van der Waals surface area (Å²) < 4.78 is 4.75. The van der Waals surface area contributed by atoms with E-state index in [0.29, 0.717) is 0 Å². The lowest BCUT2D eigenvalue weighted by Gasteiger charge is -2.12. The van der Waals surface area contributed by atoms with Gasteiger partial charge >= 0.3 is 5.97 Å². The van der Waals surface area contributed by atoms with Gasteiger partial charge in [0.05, 0.1) is 6.61 Å². The van der Waals surface area contributed by atoms with E-state index in [9.17, 15) is 9.59 Å². The van der Waals surface area contributed by atoms with Crippen molar-refractivity contribution in [2.45, 2.75) is 6.04 Å². The van der Waals surface area contributed by atoms with E-state index in [1.165, 1.54) is 18.4 Å². The molecule has 0 aliphatic rings. The lowest BCUT2D eigenvalue weighted by molar-refractivity contribution is -0.140. The predicted octanol–water partition coefficient (Wildman–Crippen LogP) is 1.70. The molecule has 0 spiro atoms. The molecule has 1 atom stereocenters. The third kappa shape index (κ3) is 3.41. The number of nitrogens with zero attached hydrogens (tertiary/aromatic N) is 1. The molecule has 2 N–H and O–H groups in total. The van der Waals surface area contributed by atoms with Crippen molar-refractivity contribution in [3.8, 4) is 10.6 Å². The van der Waals surface area contributed by atoms with Gasteiger partial charge in [0.25, 0.3) is 5.91 Å². The van der Waals surface area contributed by atoms with E-state index in [0.717, 1.165) is 10.6 Å². The van der Waals surface area contributed by atoms with Crippen molar-refractivity contribution >= 4 is 34.6 Å². The summed E-state index contributed by atoms with van der Waals surface area (Å²) in [6.07, 6.45) is 0. The maximum atomic E-state index is 11.9. The molecule has 2 heterocycles. The highest BCUT2D eigenvalue weighted by Crippen LogP contribution is 2.25. The summed E-state index contributed by atoms with van der Waals surface area (Å²) in [7, 11) is 1.37. The Bertz CT molecular complexity index is 594. The molecule has 0 saturated carbocycles. The van der Waals surface area contributed by atoms with Gasteiger partial charge in [-0.15, -0.1) is 11.3 Å². The molecule has 0 aliphatic heterocycles. The molecule has 0 radical (unpaired) electrons. The third-order valence-electron chi connectivity index (χ3n) is 2.44. The number of rotatable bonds is 6. The summed E-state index contributed by atoms with van der Waals surface area (Å²) in [5, 5.41) is 17.5. The molecule has 0 saturated heterocycles. The maximum absolute atomic E-state index is 11.9. The topological polar surface area (TPSA) is 88.5 Å². The average molecular weight is 312 g/mol. The van der Waals surface area contributed by atoms with Gasteiger partial charge in [0.1, 0.15) is 10.7 Å². The zero-order valence-corrected chi connectivity index (χ0v) is 12.2. The van der Waals surface area contributed by atoms with Gasteiger partial charge in [-0.3, -0.25) is 4.79 Å². The lowest BCUT2D eigenvalue weighted by atomic mass is 10.3. The molecule has 106 valence electrons. The minimum atomic E-state index is -1.14. The number of carboxylic acid groups (broad SMARTS) is 1. The van der Waals surface area contributed by atoms with Crippen molar-refractivity contribution in [1.82, 2.24) is 10.3 Å². The number of nitrogens with one attached hydrogen (secondary N) is 1. The molecule has 2 aromatic rings. The van der Waals surface area contributed by atoms with Crippen LogP contribution in [-0.2, 0) is 9.53 Å². The minimum absolute atomic E-state index is 0.0946. The van der Waals surface area contributed by atoms with Crippen molar-refractivity contribution in [1.29, 1.82) is 0 Å². The number of methoxy groups -OCH3 is 1. The second-order valence-electron chi connectivity index (χ2n) is 3.87. The van der Waals surface area contributed by atoms with Crippen molar-refractivity contribution in [2.75, 3.05) is 13.7 Å². The fourth-order valence-corrected chi connectivity index (χ4v) is 2.98. The molecular weight excluding hydrogens is 300 g/mol. The highest BCUT2D eigenvalue weighted by molar-refractivity contribution is 7.14. The van der Waals surface area contributed by atoms with Crippen LogP contribution >= 0.6 is 22.7 Å². The second-order valence-corrected chi connectivity index (χ2v) is 5.51. The Balaban J connectivity index is 2.08. The van der Waals surface area contributed by atoms with E-state index in [2.05, 4.69) is 10.3 Å². The Labute approximate surface area is 123 Å². The van der Waals surface area contributed by atoms with E-state index in [1.807, 2.05) is 16.8 Å². The number of hydrogen-bond donors (Lipinski definition) is 2. The molecule has 1 amide bonds. The van der Waals surface area contributed by atoms with Crippen molar-refractivity contribution in [3.63, 3.8) is 0 Å². The van der Waals surface area contributed by atoms with Gasteiger partial charge in [-0.25, -0.2) is 9.78 Å². The van der Waals surface area contributed by atoms with Crippen LogP contribution in [0.1, 0.15) is 10.5 Å². The van der Waals surface area contributed by atoms with Crippen LogP contribution in [0.4, 0.5) is 0 Å². The van der Waals surface area contributed by atoms with E-state index >= 15 is 0 Å². The first-order chi connectivity index (χ1) is 9.61.